The molecule has 120 valence electrons. The van der Waals surface area contributed by atoms with Crippen molar-refractivity contribution in [3.63, 3.8) is 0 Å². The van der Waals surface area contributed by atoms with Crippen molar-refractivity contribution in [2.24, 2.45) is 11.8 Å². The van der Waals surface area contributed by atoms with Crippen molar-refractivity contribution in [2.75, 3.05) is 40.4 Å². The summed E-state index contributed by atoms with van der Waals surface area (Å²) >= 11 is 0. The van der Waals surface area contributed by atoms with Gasteiger partial charge in [0, 0.05) is 38.6 Å². The van der Waals surface area contributed by atoms with Gasteiger partial charge in [-0.2, -0.15) is 0 Å². The summed E-state index contributed by atoms with van der Waals surface area (Å²) in [6, 6.07) is 4.48. The summed E-state index contributed by atoms with van der Waals surface area (Å²) in [6.45, 7) is 3.17. The lowest BCUT2D eigenvalue weighted by atomic mass is 9.94. The molecular formula is C17H25N3O2. The number of hydrogen-bond acceptors (Lipinski definition) is 4. The molecule has 0 saturated carbocycles. The molecule has 0 spiro atoms. The van der Waals surface area contributed by atoms with Gasteiger partial charge in [-0.25, -0.2) is 0 Å². The quantitative estimate of drug-likeness (QED) is 0.847. The molecule has 22 heavy (non-hydrogen) atoms. The minimum absolute atomic E-state index is 0.0565. The van der Waals surface area contributed by atoms with Crippen molar-refractivity contribution in [1.82, 2.24) is 14.8 Å². The Morgan fingerprint density at radius 1 is 1.50 bits per heavy atom. The van der Waals surface area contributed by atoms with Crippen LogP contribution in [0.5, 0.6) is 0 Å². The van der Waals surface area contributed by atoms with Gasteiger partial charge in [0.05, 0.1) is 12.5 Å². The average Bonchev–Trinajstić information content (AvgIpc) is 3.18. The molecule has 0 radical (unpaired) electrons. The maximum atomic E-state index is 12.5. The number of nitrogens with zero attached hydrogens (tertiary/aromatic N) is 3. The van der Waals surface area contributed by atoms with E-state index in [9.17, 15) is 4.79 Å². The van der Waals surface area contributed by atoms with Crippen LogP contribution < -0.4 is 0 Å². The smallest absolute Gasteiger partial charge is 0.227 e. The van der Waals surface area contributed by atoms with E-state index in [1.165, 1.54) is 5.56 Å². The summed E-state index contributed by atoms with van der Waals surface area (Å²) in [5.74, 6) is 0.753. The number of rotatable bonds is 4. The van der Waals surface area contributed by atoms with Crippen LogP contribution in [0.2, 0.25) is 0 Å². The largest absolute Gasteiger partial charge is 0.381 e. The summed E-state index contributed by atoms with van der Waals surface area (Å²) in [7, 11) is 4.09. The Bertz CT molecular complexity index is 502. The Morgan fingerprint density at radius 2 is 2.36 bits per heavy atom. The number of aromatic nitrogens is 1. The molecule has 5 nitrogen and oxygen atoms in total. The van der Waals surface area contributed by atoms with Crippen LogP contribution in [-0.2, 0) is 9.53 Å². The van der Waals surface area contributed by atoms with Gasteiger partial charge >= 0.3 is 0 Å². The maximum Gasteiger partial charge on any atom is 0.227 e. The standard InChI is InChI=1S/C17H25N3O2/c1-19-8-5-14(16(19)13-4-3-7-18-10-13)11-20(2)17(21)15-6-9-22-12-15/h3-4,7,10,14-16H,5-6,8-9,11-12H2,1-2H3/t14-,15?,16-/m0/s1. The lowest BCUT2D eigenvalue weighted by Crippen LogP contribution is -2.38. The van der Waals surface area contributed by atoms with Crippen LogP contribution in [0.1, 0.15) is 24.4 Å². The second-order valence-corrected chi connectivity index (χ2v) is 6.54. The Morgan fingerprint density at radius 3 is 3.05 bits per heavy atom. The molecule has 2 fully saturated rings. The van der Waals surface area contributed by atoms with Gasteiger partial charge in [-0.15, -0.1) is 0 Å². The van der Waals surface area contributed by atoms with Crippen molar-refractivity contribution < 1.29 is 9.53 Å². The van der Waals surface area contributed by atoms with E-state index in [0.29, 0.717) is 25.2 Å². The van der Waals surface area contributed by atoms with Crippen molar-refractivity contribution in [1.29, 1.82) is 0 Å². The van der Waals surface area contributed by atoms with Crippen LogP contribution in [0.25, 0.3) is 0 Å². The average molecular weight is 303 g/mol. The molecule has 0 aromatic carbocycles. The first kappa shape index (κ1) is 15.4. The summed E-state index contributed by atoms with van der Waals surface area (Å²) < 4.78 is 5.34. The SMILES string of the molecule is CN(C[C@@H]1CCN(C)[C@H]1c1cccnc1)C(=O)C1CCOC1. The third-order valence-electron chi connectivity index (χ3n) is 4.96. The zero-order valence-electron chi connectivity index (χ0n) is 13.4. The van der Waals surface area contributed by atoms with Crippen molar-refractivity contribution in [3.05, 3.63) is 30.1 Å². The molecule has 1 unspecified atom stereocenters. The molecule has 1 aromatic heterocycles. The summed E-state index contributed by atoms with van der Waals surface area (Å²) in [5, 5.41) is 0. The number of carbonyl (C=O) groups is 1. The van der Waals surface area contributed by atoms with Crippen LogP contribution in [0, 0.1) is 11.8 Å². The molecule has 1 amide bonds. The Kier molecular flexibility index (Phi) is 4.74. The Hall–Kier alpha value is -1.46. The van der Waals surface area contributed by atoms with Gasteiger partial charge in [-0.05, 0) is 44.0 Å². The molecule has 2 saturated heterocycles. The maximum absolute atomic E-state index is 12.5. The van der Waals surface area contributed by atoms with Gasteiger partial charge in [0.25, 0.3) is 0 Å². The molecular weight excluding hydrogens is 278 g/mol. The van der Waals surface area contributed by atoms with Crippen molar-refractivity contribution in [3.8, 4) is 0 Å². The zero-order chi connectivity index (χ0) is 15.5. The highest BCUT2D eigenvalue weighted by Crippen LogP contribution is 2.36. The Balaban J connectivity index is 1.66. The first-order valence-corrected chi connectivity index (χ1v) is 8.09. The van der Waals surface area contributed by atoms with Crippen LogP contribution in [-0.4, -0.2) is 61.1 Å². The second kappa shape index (κ2) is 6.75. The molecule has 1 aromatic rings. The minimum atomic E-state index is 0.0565. The molecule has 0 bridgehead atoms. The minimum Gasteiger partial charge on any atom is -0.381 e. The van der Waals surface area contributed by atoms with E-state index in [0.717, 1.165) is 25.9 Å². The van der Waals surface area contributed by atoms with E-state index < -0.39 is 0 Å². The number of hydrogen-bond donors (Lipinski definition) is 0. The summed E-state index contributed by atoms with van der Waals surface area (Å²) in [5.41, 5.74) is 1.25. The lowest BCUT2D eigenvalue weighted by molar-refractivity contribution is -0.134. The van der Waals surface area contributed by atoms with E-state index in [2.05, 4.69) is 23.0 Å². The monoisotopic (exact) mass is 303 g/mol. The zero-order valence-corrected chi connectivity index (χ0v) is 13.4. The van der Waals surface area contributed by atoms with E-state index in [4.69, 9.17) is 4.74 Å². The first-order valence-electron chi connectivity index (χ1n) is 8.09. The predicted molar refractivity (Wildman–Crippen MR) is 84.3 cm³/mol. The van der Waals surface area contributed by atoms with Crippen molar-refractivity contribution in [2.45, 2.75) is 18.9 Å². The summed E-state index contributed by atoms with van der Waals surface area (Å²) in [6.07, 6.45) is 5.74. The van der Waals surface area contributed by atoms with Gasteiger partial charge in [-0.1, -0.05) is 6.07 Å². The molecule has 3 rings (SSSR count). The van der Waals surface area contributed by atoms with Crippen LogP contribution in [0.15, 0.2) is 24.5 Å². The highest BCUT2D eigenvalue weighted by Gasteiger charge is 2.35. The molecule has 3 atom stereocenters. The fraction of sp³-hybridized carbons (Fsp3) is 0.647. The Labute approximate surface area is 132 Å². The molecule has 2 aliphatic heterocycles. The normalized spacial score (nSPS) is 28.9. The second-order valence-electron chi connectivity index (χ2n) is 6.54. The topological polar surface area (TPSA) is 45.7 Å². The number of carbonyl (C=O) groups excluding carboxylic acids is 1. The van der Waals surface area contributed by atoms with Gasteiger partial charge in [0.15, 0.2) is 0 Å². The van der Waals surface area contributed by atoms with Gasteiger partial charge in [-0.3, -0.25) is 14.7 Å². The van der Waals surface area contributed by atoms with E-state index in [1.807, 2.05) is 30.4 Å². The number of likely N-dealkylation sites (tertiary alicyclic amines) is 1. The number of ether oxygens (including phenoxy) is 1. The van der Waals surface area contributed by atoms with Gasteiger partial charge in [0.1, 0.15) is 0 Å². The fourth-order valence-electron chi connectivity index (χ4n) is 3.78. The number of amides is 1. The third kappa shape index (κ3) is 3.15. The summed E-state index contributed by atoms with van der Waals surface area (Å²) in [4.78, 5) is 21.0. The molecule has 0 N–H and O–H groups in total. The first-order chi connectivity index (χ1) is 10.7. The van der Waals surface area contributed by atoms with Crippen LogP contribution in [0.3, 0.4) is 0 Å². The highest BCUT2D eigenvalue weighted by molar-refractivity contribution is 5.79. The van der Waals surface area contributed by atoms with Crippen LogP contribution in [0.4, 0.5) is 0 Å². The number of pyridine rings is 1. The third-order valence-corrected chi connectivity index (χ3v) is 4.96. The van der Waals surface area contributed by atoms with E-state index in [-0.39, 0.29) is 11.8 Å². The van der Waals surface area contributed by atoms with Gasteiger partial charge < -0.3 is 9.64 Å². The van der Waals surface area contributed by atoms with E-state index in [1.54, 1.807) is 0 Å². The highest BCUT2D eigenvalue weighted by atomic mass is 16.5. The molecule has 3 heterocycles. The predicted octanol–water partition coefficient (Wildman–Crippen LogP) is 1.57. The van der Waals surface area contributed by atoms with Gasteiger partial charge in [0.2, 0.25) is 5.91 Å². The fourth-order valence-corrected chi connectivity index (χ4v) is 3.78. The van der Waals surface area contributed by atoms with Crippen LogP contribution >= 0.6 is 0 Å². The lowest BCUT2D eigenvalue weighted by Gasteiger charge is -2.29. The van der Waals surface area contributed by atoms with Crippen molar-refractivity contribution >= 4 is 5.91 Å². The van der Waals surface area contributed by atoms with E-state index >= 15 is 0 Å². The molecule has 5 heteroatoms. The molecule has 0 aliphatic carbocycles. The molecule has 2 aliphatic rings.